The highest BCUT2D eigenvalue weighted by atomic mass is 16.5. The van der Waals surface area contributed by atoms with Crippen LogP contribution in [-0.2, 0) is 4.79 Å². The second-order valence-corrected chi connectivity index (χ2v) is 8.23. The first kappa shape index (κ1) is 24.2. The maximum atomic E-state index is 12.7. The average molecular weight is 427 g/mol. The molecule has 2 aromatic rings. The molecule has 2 rings (SSSR count). The summed E-state index contributed by atoms with van der Waals surface area (Å²) < 4.78 is 5.14. The van der Waals surface area contributed by atoms with Gasteiger partial charge < -0.3 is 20.7 Å². The average Bonchev–Trinajstić information content (AvgIpc) is 2.76. The Kier molecular flexibility index (Phi) is 9.31. The lowest BCUT2D eigenvalue weighted by molar-refractivity contribution is -0.123. The number of hydrogen-bond donors (Lipinski definition) is 3. The first-order chi connectivity index (χ1) is 14.8. The number of rotatable bonds is 11. The third kappa shape index (κ3) is 7.92. The van der Waals surface area contributed by atoms with Gasteiger partial charge in [0.25, 0.3) is 5.91 Å². The third-order valence-corrected chi connectivity index (χ3v) is 4.86. The summed E-state index contributed by atoms with van der Waals surface area (Å²) in [6.07, 6.45) is 2.26. The van der Waals surface area contributed by atoms with E-state index in [1.165, 1.54) is 0 Å². The highest BCUT2D eigenvalue weighted by molar-refractivity contribution is 5.96. The first-order valence-electron chi connectivity index (χ1n) is 10.7. The molecule has 0 saturated carbocycles. The van der Waals surface area contributed by atoms with Crippen LogP contribution in [0.2, 0.25) is 0 Å². The van der Waals surface area contributed by atoms with Gasteiger partial charge in [0.1, 0.15) is 17.5 Å². The number of aromatic nitrogens is 1. The molecule has 7 heteroatoms. The van der Waals surface area contributed by atoms with Gasteiger partial charge in [-0.1, -0.05) is 33.8 Å². The van der Waals surface area contributed by atoms with E-state index in [4.69, 9.17) is 4.74 Å². The first-order valence-corrected chi connectivity index (χ1v) is 10.7. The van der Waals surface area contributed by atoms with Crippen LogP contribution in [0.1, 0.15) is 56.1 Å². The Bertz CT molecular complexity index is 833. The smallest absolute Gasteiger partial charge is 0.270 e. The Balaban J connectivity index is 1.87. The molecule has 0 fully saturated rings. The van der Waals surface area contributed by atoms with Crippen LogP contribution in [0.25, 0.3) is 0 Å². The lowest BCUT2D eigenvalue weighted by Gasteiger charge is -2.20. The van der Waals surface area contributed by atoms with E-state index in [1.807, 2.05) is 44.2 Å². The van der Waals surface area contributed by atoms with Gasteiger partial charge >= 0.3 is 0 Å². The fourth-order valence-corrected chi connectivity index (χ4v) is 3.04. The maximum Gasteiger partial charge on any atom is 0.270 e. The van der Waals surface area contributed by atoms with E-state index in [2.05, 4.69) is 34.8 Å². The summed E-state index contributed by atoms with van der Waals surface area (Å²) in [5, 5.41) is 8.98. The molecule has 7 nitrogen and oxygen atoms in total. The predicted molar refractivity (Wildman–Crippen MR) is 124 cm³/mol. The zero-order valence-electron chi connectivity index (χ0n) is 19.1. The lowest BCUT2D eigenvalue weighted by atomic mass is 10.0. The van der Waals surface area contributed by atoms with Gasteiger partial charge in [-0.2, -0.15) is 0 Å². The zero-order valence-corrected chi connectivity index (χ0v) is 19.1. The Hall–Kier alpha value is -3.09. The van der Waals surface area contributed by atoms with Crippen molar-refractivity contribution >= 4 is 17.5 Å². The van der Waals surface area contributed by atoms with Crippen LogP contribution in [0, 0.1) is 5.92 Å². The van der Waals surface area contributed by atoms with Crippen molar-refractivity contribution in [1.82, 2.24) is 15.6 Å². The Labute approximate surface area is 185 Å². The van der Waals surface area contributed by atoms with Crippen LogP contribution in [-0.4, -0.2) is 43.0 Å². The van der Waals surface area contributed by atoms with Gasteiger partial charge in [-0.05, 0) is 54.2 Å². The van der Waals surface area contributed by atoms with E-state index in [0.717, 1.165) is 17.0 Å². The number of carbonyl (C=O) groups excluding carboxylic acids is 2. The molecule has 1 aromatic heterocycles. The molecule has 0 aliphatic rings. The predicted octanol–water partition coefficient (Wildman–Crippen LogP) is 3.59. The van der Waals surface area contributed by atoms with E-state index in [0.29, 0.717) is 31.1 Å². The van der Waals surface area contributed by atoms with Crippen molar-refractivity contribution in [3.8, 4) is 5.75 Å². The molecular weight excluding hydrogens is 392 g/mol. The van der Waals surface area contributed by atoms with Crippen molar-refractivity contribution in [1.29, 1.82) is 0 Å². The van der Waals surface area contributed by atoms with Crippen molar-refractivity contribution in [3.05, 3.63) is 53.9 Å². The third-order valence-electron chi connectivity index (χ3n) is 4.86. The van der Waals surface area contributed by atoms with Crippen molar-refractivity contribution in [2.24, 2.45) is 5.92 Å². The van der Waals surface area contributed by atoms with Gasteiger partial charge in [-0.3, -0.25) is 14.6 Å². The summed E-state index contributed by atoms with van der Waals surface area (Å²) in [5.41, 5.74) is 2.32. The van der Waals surface area contributed by atoms with E-state index in [9.17, 15) is 9.59 Å². The number of nitrogens with zero attached hydrogens (tertiary/aromatic N) is 1. The largest absolute Gasteiger partial charge is 0.497 e. The van der Waals surface area contributed by atoms with E-state index < -0.39 is 6.04 Å². The summed E-state index contributed by atoms with van der Waals surface area (Å²) >= 11 is 0. The van der Waals surface area contributed by atoms with Crippen LogP contribution in [0.4, 0.5) is 5.69 Å². The fourth-order valence-electron chi connectivity index (χ4n) is 3.04. The van der Waals surface area contributed by atoms with Crippen LogP contribution in [0.15, 0.2) is 42.6 Å². The number of amides is 2. The van der Waals surface area contributed by atoms with E-state index >= 15 is 0 Å². The number of ether oxygens (including phenoxy) is 1. The molecule has 1 atom stereocenters. The second-order valence-electron chi connectivity index (χ2n) is 8.23. The molecule has 1 heterocycles. The number of carbonyl (C=O) groups is 2. The van der Waals surface area contributed by atoms with Gasteiger partial charge in [-0.15, -0.1) is 0 Å². The summed E-state index contributed by atoms with van der Waals surface area (Å²) in [4.78, 5) is 29.6. The molecule has 31 heavy (non-hydrogen) atoms. The molecule has 2 amide bonds. The molecule has 0 aliphatic carbocycles. The quantitative estimate of drug-likeness (QED) is 0.478. The van der Waals surface area contributed by atoms with Crippen molar-refractivity contribution in [2.75, 3.05) is 25.5 Å². The molecule has 0 radical (unpaired) electrons. The molecule has 3 N–H and O–H groups in total. The summed E-state index contributed by atoms with van der Waals surface area (Å²) in [7, 11) is 1.63. The topological polar surface area (TPSA) is 92.4 Å². The molecule has 0 aliphatic heterocycles. The molecule has 0 unspecified atom stereocenters. The number of hydrogen-bond acceptors (Lipinski definition) is 5. The second kappa shape index (κ2) is 11.9. The normalized spacial score (nSPS) is 11.8. The van der Waals surface area contributed by atoms with Gasteiger partial charge in [-0.25, -0.2) is 0 Å². The number of methoxy groups -OCH3 is 1. The van der Waals surface area contributed by atoms with Crippen molar-refractivity contribution in [2.45, 2.75) is 46.1 Å². The van der Waals surface area contributed by atoms with E-state index in [-0.39, 0.29) is 17.7 Å². The lowest BCUT2D eigenvalue weighted by Crippen LogP contribution is -2.48. The maximum absolute atomic E-state index is 12.7. The van der Waals surface area contributed by atoms with Gasteiger partial charge in [0, 0.05) is 25.0 Å². The van der Waals surface area contributed by atoms with Gasteiger partial charge in [0.2, 0.25) is 5.91 Å². The van der Waals surface area contributed by atoms with Crippen molar-refractivity contribution < 1.29 is 14.3 Å². The number of anilines is 1. The number of benzene rings is 1. The summed E-state index contributed by atoms with van der Waals surface area (Å²) in [5.74, 6) is 0.852. The fraction of sp³-hybridized carbons (Fsp3) is 0.458. The molecule has 1 aromatic carbocycles. The van der Waals surface area contributed by atoms with Crippen LogP contribution < -0.4 is 20.7 Å². The highest BCUT2D eigenvalue weighted by Gasteiger charge is 2.22. The van der Waals surface area contributed by atoms with E-state index in [1.54, 1.807) is 19.4 Å². The van der Waals surface area contributed by atoms with Crippen LogP contribution >= 0.6 is 0 Å². The Morgan fingerprint density at radius 1 is 1.00 bits per heavy atom. The van der Waals surface area contributed by atoms with Crippen LogP contribution in [0.5, 0.6) is 5.75 Å². The minimum Gasteiger partial charge on any atom is -0.497 e. The molecule has 0 bridgehead atoms. The Morgan fingerprint density at radius 2 is 1.71 bits per heavy atom. The van der Waals surface area contributed by atoms with Crippen LogP contribution in [0.3, 0.4) is 0 Å². The summed E-state index contributed by atoms with van der Waals surface area (Å²) in [6, 6.07) is 10.6. The zero-order chi connectivity index (χ0) is 22.8. The summed E-state index contributed by atoms with van der Waals surface area (Å²) in [6.45, 7) is 9.20. The number of nitrogens with one attached hydrogen (secondary N) is 3. The Morgan fingerprint density at radius 3 is 2.26 bits per heavy atom. The molecule has 168 valence electrons. The molecule has 0 saturated heterocycles. The molecule has 0 spiro atoms. The van der Waals surface area contributed by atoms with Gasteiger partial charge in [0.15, 0.2) is 0 Å². The van der Waals surface area contributed by atoms with Crippen molar-refractivity contribution in [3.63, 3.8) is 0 Å². The molecular formula is C24H34N4O3. The standard InChI is InChI=1S/C24H34N4O3/c1-16(2)14-22(28-24(30)21-11-6-18(15-27-21)17(3)4)23(29)26-13-12-25-19-7-9-20(31-5)10-8-19/h6-11,15-17,22,25H,12-14H2,1-5H3,(H,26,29)(H,28,30)/t22-/m0/s1. The minimum atomic E-state index is -0.611. The number of pyridine rings is 1. The van der Waals surface area contributed by atoms with Gasteiger partial charge in [0.05, 0.1) is 7.11 Å². The monoisotopic (exact) mass is 426 g/mol. The highest BCUT2D eigenvalue weighted by Crippen LogP contribution is 2.15. The minimum absolute atomic E-state index is 0.197. The SMILES string of the molecule is COc1ccc(NCCNC(=O)[C@H](CC(C)C)NC(=O)c2ccc(C(C)C)cn2)cc1.